The molecule has 0 unspecified atom stereocenters. The lowest BCUT2D eigenvalue weighted by molar-refractivity contribution is 0.414. The first-order valence-corrected chi connectivity index (χ1v) is 5.78. The Kier molecular flexibility index (Phi) is 4.03. The van der Waals surface area contributed by atoms with E-state index >= 15 is 0 Å². The van der Waals surface area contributed by atoms with Gasteiger partial charge in [-0.1, -0.05) is 36.7 Å². The van der Waals surface area contributed by atoms with Crippen molar-refractivity contribution in [2.24, 2.45) is 5.41 Å². The number of hydrogen-bond acceptors (Lipinski definition) is 2. The van der Waals surface area contributed by atoms with Crippen molar-refractivity contribution >= 4 is 21.6 Å². The summed E-state index contributed by atoms with van der Waals surface area (Å²) in [5.41, 5.74) is 1.35. The van der Waals surface area contributed by atoms with Gasteiger partial charge >= 0.3 is 0 Å². The Morgan fingerprint density at radius 1 is 1.27 bits per heavy atom. The standard InChI is InChI=1S/C12H18BrNO/c1-12(2,3)8-14-10-5-9(13)6-11(7-10)15-4/h5-7,14H,8H2,1-4H3. The van der Waals surface area contributed by atoms with Crippen LogP contribution in [0.3, 0.4) is 0 Å². The Hall–Kier alpha value is -0.700. The highest BCUT2D eigenvalue weighted by Gasteiger charge is 2.09. The second kappa shape index (κ2) is 4.88. The molecule has 0 fully saturated rings. The Morgan fingerprint density at radius 2 is 1.93 bits per heavy atom. The van der Waals surface area contributed by atoms with Gasteiger partial charge < -0.3 is 10.1 Å². The molecule has 15 heavy (non-hydrogen) atoms. The molecule has 1 N–H and O–H groups in total. The Labute approximate surface area is 100 Å². The predicted octanol–water partition coefficient (Wildman–Crippen LogP) is 3.92. The van der Waals surface area contributed by atoms with E-state index < -0.39 is 0 Å². The molecule has 2 nitrogen and oxygen atoms in total. The molecule has 0 heterocycles. The van der Waals surface area contributed by atoms with E-state index in [2.05, 4.69) is 42.0 Å². The molecule has 0 saturated heterocycles. The van der Waals surface area contributed by atoms with E-state index in [9.17, 15) is 0 Å². The topological polar surface area (TPSA) is 21.3 Å². The van der Waals surface area contributed by atoms with Crippen LogP contribution in [-0.4, -0.2) is 13.7 Å². The Balaban J connectivity index is 2.73. The van der Waals surface area contributed by atoms with Gasteiger partial charge in [-0.3, -0.25) is 0 Å². The molecule has 0 aliphatic carbocycles. The summed E-state index contributed by atoms with van der Waals surface area (Å²) in [5.74, 6) is 0.862. The summed E-state index contributed by atoms with van der Waals surface area (Å²) in [6.45, 7) is 7.55. The molecule has 0 aliphatic heterocycles. The molecular formula is C12H18BrNO. The lowest BCUT2D eigenvalue weighted by Gasteiger charge is -2.20. The van der Waals surface area contributed by atoms with Gasteiger partial charge in [-0.15, -0.1) is 0 Å². The maximum absolute atomic E-state index is 5.20. The molecule has 0 amide bonds. The molecule has 84 valence electrons. The highest BCUT2D eigenvalue weighted by Crippen LogP contribution is 2.25. The molecule has 0 atom stereocenters. The monoisotopic (exact) mass is 271 g/mol. The maximum Gasteiger partial charge on any atom is 0.122 e. The summed E-state index contributed by atoms with van der Waals surface area (Å²) in [6.07, 6.45) is 0. The SMILES string of the molecule is COc1cc(Br)cc(NCC(C)(C)C)c1. The average Bonchev–Trinajstić information content (AvgIpc) is 2.13. The molecule has 3 heteroatoms. The van der Waals surface area contributed by atoms with Crippen LogP contribution in [0.2, 0.25) is 0 Å². The second-order valence-corrected chi connectivity index (χ2v) is 5.71. The number of ether oxygens (including phenoxy) is 1. The molecule has 0 aromatic heterocycles. The number of anilines is 1. The van der Waals surface area contributed by atoms with Gasteiger partial charge in [0.1, 0.15) is 5.75 Å². The minimum absolute atomic E-state index is 0.273. The zero-order chi connectivity index (χ0) is 11.5. The van der Waals surface area contributed by atoms with Gasteiger partial charge in [0.25, 0.3) is 0 Å². The van der Waals surface area contributed by atoms with Crippen LogP contribution in [0.5, 0.6) is 5.75 Å². The van der Waals surface area contributed by atoms with Crippen molar-refractivity contribution in [2.45, 2.75) is 20.8 Å². The first-order chi connectivity index (χ1) is 6.90. The van der Waals surface area contributed by atoms with Crippen LogP contribution in [0.25, 0.3) is 0 Å². The van der Waals surface area contributed by atoms with Crippen molar-refractivity contribution in [1.29, 1.82) is 0 Å². The number of hydrogen-bond donors (Lipinski definition) is 1. The van der Waals surface area contributed by atoms with E-state index in [1.165, 1.54) is 0 Å². The Morgan fingerprint density at radius 3 is 2.47 bits per heavy atom. The first kappa shape index (κ1) is 12.4. The molecule has 0 radical (unpaired) electrons. The van der Waals surface area contributed by atoms with E-state index in [1.807, 2.05) is 18.2 Å². The van der Waals surface area contributed by atoms with Gasteiger partial charge in [-0.05, 0) is 17.5 Å². The summed E-state index contributed by atoms with van der Waals surface area (Å²) in [4.78, 5) is 0. The van der Waals surface area contributed by atoms with E-state index in [-0.39, 0.29) is 5.41 Å². The van der Waals surface area contributed by atoms with Crippen LogP contribution < -0.4 is 10.1 Å². The van der Waals surface area contributed by atoms with E-state index in [0.29, 0.717) is 0 Å². The van der Waals surface area contributed by atoms with Crippen molar-refractivity contribution in [2.75, 3.05) is 19.0 Å². The maximum atomic E-state index is 5.20. The molecule has 1 aromatic rings. The summed E-state index contributed by atoms with van der Waals surface area (Å²) in [7, 11) is 1.68. The number of benzene rings is 1. The Bertz CT molecular complexity index is 331. The number of rotatable bonds is 3. The minimum Gasteiger partial charge on any atom is -0.497 e. The zero-order valence-electron chi connectivity index (χ0n) is 9.73. The van der Waals surface area contributed by atoms with Gasteiger partial charge in [0.2, 0.25) is 0 Å². The van der Waals surface area contributed by atoms with Crippen molar-refractivity contribution in [1.82, 2.24) is 0 Å². The van der Waals surface area contributed by atoms with E-state index in [1.54, 1.807) is 7.11 Å². The molecule has 0 aliphatic rings. The predicted molar refractivity (Wildman–Crippen MR) is 68.6 cm³/mol. The van der Waals surface area contributed by atoms with Crippen LogP contribution in [0.15, 0.2) is 22.7 Å². The molecule has 1 aromatic carbocycles. The van der Waals surface area contributed by atoms with Crippen LogP contribution in [0.4, 0.5) is 5.69 Å². The number of nitrogens with one attached hydrogen (secondary N) is 1. The van der Waals surface area contributed by atoms with Crippen LogP contribution in [-0.2, 0) is 0 Å². The third kappa shape index (κ3) is 4.56. The third-order valence-electron chi connectivity index (χ3n) is 1.93. The van der Waals surface area contributed by atoms with E-state index in [0.717, 1.165) is 22.5 Å². The minimum atomic E-state index is 0.273. The molecule has 0 bridgehead atoms. The summed E-state index contributed by atoms with van der Waals surface area (Å²) < 4.78 is 6.22. The fraction of sp³-hybridized carbons (Fsp3) is 0.500. The van der Waals surface area contributed by atoms with Gasteiger partial charge in [0.15, 0.2) is 0 Å². The molecule has 1 rings (SSSR count). The third-order valence-corrected chi connectivity index (χ3v) is 2.39. The van der Waals surface area contributed by atoms with Crippen molar-refractivity contribution in [3.63, 3.8) is 0 Å². The van der Waals surface area contributed by atoms with Gasteiger partial charge in [-0.2, -0.15) is 0 Å². The zero-order valence-corrected chi connectivity index (χ0v) is 11.3. The van der Waals surface area contributed by atoms with E-state index in [4.69, 9.17) is 4.74 Å². The smallest absolute Gasteiger partial charge is 0.122 e. The molecule has 0 spiro atoms. The van der Waals surface area contributed by atoms with Crippen molar-refractivity contribution in [3.05, 3.63) is 22.7 Å². The quantitative estimate of drug-likeness (QED) is 0.900. The fourth-order valence-electron chi connectivity index (χ4n) is 1.15. The van der Waals surface area contributed by atoms with Crippen LogP contribution in [0, 0.1) is 5.41 Å². The summed E-state index contributed by atoms with van der Waals surface area (Å²) in [5, 5.41) is 3.39. The molecular weight excluding hydrogens is 254 g/mol. The normalized spacial score (nSPS) is 11.3. The highest BCUT2D eigenvalue weighted by atomic mass is 79.9. The fourth-order valence-corrected chi connectivity index (χ4v) is 1.62. The highest BCUT2D eigenvalue weighted by molar-refractivity contribution is 9.10. The number of halogens is 1. The summed E-state index contributed by atoms with van der Waals surface area (Å²) in [6, 6.07) is 5.99. The number of methoxy groups -OCH3 is 1. The van der Waals surface area contributed by atoms with Crippen LogP contribution in [0.1, 0.15) is 20.8 Å². The largest absolute Gasteiger partial charge is 0.497 e. The first-order valence-electron chi connectivity index (χ1n) is 4.99. The van der Waals surface area contributed by atoms with Crippen molar-refractivity contribution in [3.8, 4) is 5.75 Å². The average molecular weight is 272 g/mol. The lowest BCUT2D eigenvalue weighted by Crippen LogP contribution is -2.18. The van der Waals surface area contributed by atoms with Crippen LogP contribution >= 0.6 is 15.9 Å². The van der Waals surface area contributed by atoms with Gasteiger partial charge in [0.05, 0.1) is 7.11 Å². The van der Waals surface area contributed by atoms with Crippen molar-refractivity contribution < 1.29 is 4.74 Å². The van der Waals surface area contributed by atoms with Gasteiger partial charge in [0, 0.05) is 22.8 Å². The summed E-state index contributed by atoms with van der Waals surface area (Å²) >= 11 is 3.45. The lowest BCUT2D eigenvalue weighted by atomic mass is 9.97. The molecule has 0 saturated carbocycles. The second-order valence-electron chi connectivity index (χ2n) is 4.79. The van der Waals surface area contributed by atoms with Gasteiger partial charge in [-0.25, -0.2) is 0 Å².